The summed E-state index contributed by atoms with van der Waals surface area (Å²) < 4.78 is 0. The zero-order chi connectivity index (χ0) is 12.0. The van der Waals surface area contributed by atoms with Crippen LogP contribution in [-0.4, -0.2) is 18.0 Å². The number of hydrogen-bond donors (Lipinski definition) is 0. The topological polar surface area (TPSA) is 46.4 Å². The van der Waals surface area contributed by atoms with E-state index < -0.39 is 4.92 Å². The second-order valence-corrected chi connectivity index (χ2v) is 3.36. The van der Waals surface area contributed by atoms with Crippen molar-refractivity contribution < 1.29 is 4.92 Å². The Bertz CT molecular complexity index is 367. The Kier molecular flexibility index (Phi) is 4.51. The van der Waals surface area contributed by atoms with Gasteiger partial charge in [-0.3, -0.25) is 10.1 Å². The third-order valence-corrected chi connectivity index (χ3v) is 2.41. The molecule has 0 aliphatic carbocycles. The zero-order valence-electron chi connectivity index (χ0n) is 9.59. The van der Waals surface area contributed by atoms with Crippen molar-refractivity contribution in [2.45, 2.75) is 13.8 Å². The van der Waals surface area contributed by atoms with Crippen molar-refractivity contribution in [3.05, 3.63) is 46.1 Å². The van der Waals surface area contributed by atoms with Crippen LogP contribution < -0.4 is 4.90 Å². The van der Waals surface area contributed by atoms with E-state index >= 15 is 0 Å². The van der Waals surface area contributed by atoms with Crippen LogP contribution in [0.15, 0.2) is 30.5 Å². The van der Waals surface area contributed by atoms with Crippen molar-refractivity contribution in [1.82, 2.24) is 0 Å². The first kappa shape index (κ1) is 12.2. The Balaban J connectivity index is 2.78. The molecule has 0 saturated heterocycles. The summed E-state index contributed by atoms with van der Waals surface area (Å²) >= 11 is 0. The molecule has 0 aliphatic rings. The van der Waals surface area contributed by atoms with E-state index in [0.29, 0.717) is 0 Å². The number of benzene rings is 1. The van der Waals surface area contributed by atoms with Crippen LogP contribution in [0.1, 0.15) is 19.4 Å². The van der Waals surface area contributed by atoms with Crippen LogP contribution in [-0.2, 0) is 0 Å². The second kappa shape index (κ2) is 5.90. The van der Waals surface area contributed by atoms with Crippen LogP contribution in [0.25, 0.3) is 6.08 Å². The summed E-state index contributed by atoms with van der Waals surface area (Å²) in [7, 11) is 0. The minimum absolute atomic E-state index is 0.460. The molecule has 16 heavy (non-hydrogen) atoms. The lowest BCUT2D eigenvalue weighted by Gasteiger charge is -2.20. The largest absolute Gasteiger partial charge is 0.372 e. The number of nitrogens with zero attached hydrogens (tertiary/aromatic N) is 2. The SMILES string of the molecule is CCN(CC)c1ccc(C=C[N+](=O)[O-])cc1. The second-order valence-electron chi connectivity index (χ2n) is 3.36. The molecule has 1 aromatic rings. The Morgan fingerprint density at radius 3 is 2.25 bits per heavy atom. The third kappa shape index (κ3) is 3.38. The van der Waals surface area contributed by atoms with Gasteiger partial charge in [0, 0.05) is 24.9 Å². The molecule has 4 heteroatoms. The van der Waals surface area contributed by atoms with Gasteiger partial charge in [0.1, 0.15) is 0 Å². The highest BCUT2D eigenvalue weighted by Crippen LogP contribution is 2.15. The van der Waals surface area contributed by atoms with Gasteiger partial charge >= 0.3 is 0 Å². The van der Waals surface area contributed by atoms with Gasteiger partial charge in [-0.25, -0.2) is 0 Å². The molecular weight excluding hydrogens is 204 g/mol. The highest BCUT2D eigenvalue weighted by molar-refractivity contribution is 5.55. The molecule has 0 unspecified atom stereocenters. The molecule has 1 rings (SSSR count). The van der Waals surface area contributed by atoms with Crippen LogP contribution in [0.5, 0.6) is 0 Å². The molecular formula is C12H16N2O2. The van der Waals surface area contributed by atoms with E-state index in [2.05, 4.69) is 18.7 Å². The Hall–Kier alpha value is -1.84. The maximum absolute atomic E-state index is 10.2. The van der Waals surface area contributed by atoms with Crippen LogP contribution in [0.4, 0.5) is 5.69 Å². The van der Waals surface area contributed by atoms with Gasteiger partial charge in [-0.2, -0.15) is 0 Å². The fourth-order valence-electron chi connectivity index (χ4n) is 1.53. The highest BCUT2D eigenvalue weighted by atomic mass is 16.6. The highest BCUT2D eigenvalue weighted by Gasteiger charge is 2.00. The fraction of sp³-hybridized carbons (Fsp3) is 0.333. The molecule has 0 heterocycles. The van der Waals surface area contributed by atoms with Crippen LogP contribution in [0.3, 0.4) is 0 Å². The van der Waals surface area contributed by atoms with E-state index in [0.717, 1.165) is 30.5 Å². The first-order chi connectivity index (χ1) is 7.67. The average molecular weight is 220 g/mol. The minimum atomic E-state index is -0.460. The smallest absolute Gasteiger partial charge is 0.235 e. The average Bonchev–Trinajstić information content (AvgIpc) is 2.29. The van der Waals surface area contributed by atoms with Crippen molar-refractivity contribution in [3.63, 3.8) is 0 Å². The van der Waals surface area contributed by atoms with E-state index in [4.69, 9.17) is 0 Å². The van der Waals surface area contributed by atoms with Gasteiger partial charge in [0.15, 0.2) is 0 Å². The molecule has 0 amide bonds. The summed E-state index contributed by atoms with van der Waals surface area (Å²) in [4.78, 5) is 11.9. The molecule has 0 bridgehead atoms. The number of nitro groups is 1. The quantitative estimate of drug-likeness (QED) is 0.566. The van der Waals surface area contributed by atoms with Gasteiger partial charge in [0.05, 0.1) is 4.92 Å². The molecule has 0 atom stereocenters. The van der Waals surface area contributed by atoms with Crippen molar-refractivity contribution in [2.75, 3.05) is 18.0 Å². The molecule has 86 valence electrons. The summed E-state index contributed by atoms with van der Waals surface area (Å²) in [5, 5.41) is 10.2. The zero-order valence-corrected chi connectivity index (χ0v) is 9.59. The van der Waals surface area contributed by atoms with Crippen LogP contribution >= 0.6 is 0 Å². The van der Waals surface area contributed by atoms with Gasteiger partial charge in [-0.1, -0.05) is 12.1 Å². The van der Waals surface area contributed by atoms with Gasteiger partial charge in [-0.05, 0) is 31.5 Å². The van der Waals surface area contributed by atoms with Crippen LogP contribution in [0.2, 0.25) is 0 Å². The predicted molar refractivity (Wildman–Crippen MR) is 66.0 cm³/mol. The minimum Gasteiger partial charge on any atom is -0.372 e. The van der Waals surface area contributed by atoms with E-state index in [1.54, 1.807) is 0 Å². The Morgan fingerprint density at radius 1 is 1.25 bits per heavy atom. The van der Waals surface area contributed by atoms with Gasteiger partial charge in [0.25, 0.3) is 0 Å². The maximum atomic E-state index is 10.2. The molecule has 0 aliphatic heterocycles. The van der Waals surface area contributed by atoms with E-state index in [9.17, 15) is 10.1 Å². The summed E-state index contributed by atoms with van der Waals surface area (Å²) in [5.41, 5.74) is 1.98. The first-order valence-corrected chi connectivity index (χ1v) is 5.34. The number of anilines is 1. The molecule has 0 fully saturated rings. The van der Waals surface area contributed by atoms with E-state index in [-0.39, 0.29) is 0 Å². The lowest BCUT2D eigenvalue weighted by atomic mass is 10.2. The van der Waals surface area contributed by atoms with Crippen molar-refractivity contribution >= 4 is 11.8 Å². The summed E-state index contributed by atoms with van der Waals surface area (Å²) in [6.45, 7) is 6.12. The molecule has 0 radical (unpaired) electrons. The van der Waals surface area contributed by atoms with E-state index in [1.807, 2.05) is 24.3 Å². The van der Waals surface area contributed by atoms with Crippen molar-refractivity contribution in [2.24, 2.45) is 0 Å². The third-order valence-electron chi connectivity index (χ3n) is 2.41. The molecule has 0 N–H and O–H groups in total. The molecule has 0 aromatic heterocycles. The Morgan fingerprint density at radius 2 is 1.81 bits per heavy atom. The van der Waals surface area contributed by atoms with Gasteiger partial charge in [0.2, 0.25) is 6.20 Å². The summed E-state index contributed by atoms with van der Waals surface area (Å²) in [5.74, 6) is 0. The lowest BCUT2D eigenvalue weighted by Crippen LogP contribution is -2.21. The summed E-state index contributed by atoms with van der Waals surface area (Å²) in [6.07, 6.45) is 2.44. The lowest BCUT2D eigenvalue weighted by molar-refractivity contribution is -0.400. The van der Waals surface area contributed by atoms with Crippen LogP contribution in [0, 0.1) is 10.1 Å². The summed E-state index contributed by atoms with van der Waals surface area (Å²) in [6, 6.07) is 7.72. The normalized spacial score (nSPS) is 10.6. The predicted octanol–water partition coefficient (Wildman–Crippen LogP) is 2.78. The monoisotopic (exact) mass is 220 g/mol. The van der Waals surface area contributed by atoms with Crippen molar-refractivity contribution in [3.8, 4) is 0 Å². The molecule has 1 aromatic carbocycles. The molecule has 0 saturated carbocycles. The molecule has 4 nitrogen and oxygen atoms in total. The van der Waals surface area contributed by atoms with Crippen molar-refractivity contribution in [1.29, 1.82) is 0 Å². The maximum Gasteiger partial charge on any atom is 0.235 e. The fourth-order valence-corrected chi connectivity index (χ4v) is 1.53. The van der Waals surface area contributed by atoms with E-state index in [1.165, 1.54) is 6.08 Å². The number of hydrogen-bond acceptors (Lipinski definition) is 3. The first-order valence-electron chi connectivity index (χ1n) is 5.34. The standard InChI is InChI=1S/C12H16N2O2/c1-3-13(4-2)12-7-5-11(6-8-12)9-10-14(15)16/h5-10H,3-4H2,1-2H3. The number of rotatable bonds is 5. The van der Waals surface area contributed by atoms with Gasteiger partial charge in [-0.15, -0.1) is 0 Å². The van der Waals surface area contributed by atoms with Gasteiger partial charge < -0.3 is 4.90 Å². The molecule has 0 spiro atoms. The Labute approximate surface area is 95.3 Å².